The summed E-state index contributed by atoms with van der Waals surface area (Å²) in [6, 6.07) is 12.4. The van der Waals surface area contributed by atoms with Crippen LogP contribution >= 0.6 is 0 Å². The van der Waals surface area contributed by atoms with Crippen LogP contribution in [0.25, 0.3) is 11.1 Å². The third kappa shape index (κ3) is 8.02. The van der Waals surface area contributed by atoms with Crippen LogP contribution in [0, 0.1) is 0 Å². The Hall–Kier alpha value is -2.62. The van der Waals surface area contributed by atoms with Gasteiger partial charge in [-0.25, -0.2) is 0 Å². The van der Waals surface area contributed by atoms with Crippen molar-refractivity contribution in [1.82, 2.24) is 0 Å². The molecular weight excluding hydrogens is 376 g/mol. The zero-order valence-electron chi connectivity index (χ0n) is 19.9. The number of ketones is 1. The second-order valence-electron chi connectivity index (χ2n) is 6.10. The average Bonchev–Trinajstić information content (AvgIpc) is 3.16. The highest BCUT2D eigenvalue weighted by Gasteiger charge is 2.19. The molecule has 0 atom stereocenters. The van der Waals surface area contributed by atoms with Gasteiger partial charge in [0.25, 0.3) is 0 Å². The standard InChI is InChI=1S/C18H18O2.C4H8O2.2C2H6/c1-3-12-10-14(6-9-18(12)20-2)13-4-7-16-15(11-13)5-8-17(16)19;1-3-6-4(2)5;2*1-2/h4,6-7,9-11H,3,5,8H2,1-2H3;3H2,1-2H3;2*1-2H3. The maximum Gasteiger partial charge on any atom is 0.302 e. The van der Waals surface area contributed by atoms with Crippen molar-refractivity contribution in [3.05, 3.63) is 53.1 Å². The van der Waals surface area contributed by atoms with E-state index in [1.807, 2.05) is 45.9 Å². The van der Waals surface area contributed by atoms with E-state index in [0.717, 1.165) is 24.2 Å². The van der Waals surface area contributed by atoms with E-state index in [4.69, 9.17) is 4.74 Å². The summed E-state index contributed by atoms with van der Waals surface area (Å²) in [5.41, 5.74) is 5.65. The molecule has 1 aliphatic rings. The van der Waals surface area contributed by atoms with E-state index in [2.05, 4.69) is 29.9 Å². The predicted molar refractivity (Wildman–Crippen MR) is 125 cm³/mol. The number of hydrogen-bond acceptors (Lipinski definition) is 4. The number of hydrogen-bond donors (Lipinski definition) is 0. The van der Waals surface area contributed by atoms with E-state index in [-0.39, 0.29) is 11.8 Å². The van der Waals surface area contributed by atoms with Gasteiger partial charge in [-0.1, -0.05) is 58.9 Å². The second-order valence-corrected chi connectivity index (χ2v) is 6.10. The molecule has 0 fully saturated rings. The normalized spacial score (nSPS) is 10.9. The molecule has 30 heavy (non-hydrogen) atoms. The van der Waals surface area contributed by atoms with E-state index in [1.165, 1.54) is 29.2 Å². The number of rotatable bonds is 4. The van der Waals surface area contributed by atoms with Crippen molar-refractivity contribution in [3.63, 3.8) is 0 Å². The second kappa shape index (κ2) is 15.3. The molecule has 0 heterocycles. The lowest BCUT2D eigenvalue weighted by Crippen LogP contribution is -1.95. The molecule has 0 amide bonds. The van der Waals surface area contributed by atoms with E-state index < -0.39 is 0 Å². The highest BCUT2D eigenvalue weighted by molar-refractivity contribution is 6.00. The molecule has 0 N–H and O–H groups in total. The summed E-state index contributed by atoms with van der Waals surface area (Å²) in [7, 11) is 1.70. The smallest absolute Gasteiger partial charge is 0.302 e. The Morgan fingerprint density at radius 2 is 1.53 bits per heavy atom. The van der Waals surface area contributed by atoms with E-state index in [1.54, 1.807) is 14.0 Å². The first kappa shape index (κ1) is 27.4. The molecule has 0 radical (unpaired) electrons. The number of Topliss-reactive ketones (excluding diaryl/α,β-unsaturated/α-hetero) is 1. The number of benzene rings is 2. The van der Waals surface area contributed by atoms with Crippen molar-refractivity contribution >= 4 is 11.8 Å². The molecule has 3 rings (SSSR count). The fourth-order valence-corrected chi connectivity index (χ4v) is 3.07. The summed E-state index contributed by atoms with van der Waals surface area (Å²) in [6.45, 7) is 13.8. The first-order valence-corrected chi connectivity index (χ1v) is 11.0. The third-order valence-corrected chi connectivity index (χ3v) is 4.37. The number of fused-ring (bicyclic) bond motifs is 1. The molecule has 2 aromatic rings. The van der Waals surface area contributed by atoms with Gasteiger partial charge in [0.1, 0.15) is 5.75 Å². The van der Waals surface area contributed by atoms with Crippen LogP contribution in [0.3, 0.4) is 0 Å². The number of carbonyl (C=O) groups excluding carboxylic acids is 2. The molecule has 0 aliphatic heterocycles. The topological polar surface area (TPSA) is 52.6 Å². The lowest BCUT2D eigenvalue weighted by Gasteiger charge is -2.10. The zero-order valence-corrected chi connectivity index (χ0v) is 19.9. The van der Waals surface area contributed by atoms with Crippen LogP contribution in [-0.4, -0.2) is 25.5 Å². The van der Waals surface area contributed by atoms with Gasteiger partial charge < -0.3 is 9.47 Å². The number of methoxy groups -OCH3 is 1. The van der Waals surface area contributed by atoms with Gasteiger partial charge in [-0.05, 0) is 54.2 Å². The minimum absolute atomic E-state index is 0.211. The van der Waals surface area contributed by atoms with Crippen LogP contribution in [0.1, 0.15) is 76.4 Å². The lowest BCUT2D eigenvalue weighted by atomic mass is 9.98. The molecule has 166 valence electrons. The summed E-state index contributed by atoms with van der Waals surface area (Å²) in [5.74, 6) is 1.00. The van der Waals surface area contributed by atoms with Crippen LogP contribution in [0.2, 0.25) is 0 Å². The van der Waals surface area contributed by atoms with Gasteiger partial charge >= 0.3 is 5.97 Å². The highest BCUT2D eigenvalue weighted by atomic mass is 16.5. The monoisotopic (exact) mass is 414 g/mol. The largest absolute Gasteiger partial charge is 0.496 e. The van der Waals surface area contributed by atoms with Crippen molar-refractivity contribution < 1.29 is 19.1 Å². The minimum Gasteiger partial charge on any atom is -0.496 e. The Kier molecular flexibility index (Phi) is 13.9. The van der Waals surface area contributed by atoms with Crippen LogP contribution in [0.4, 0.5) is 0 Å². The van der Waals surface area contributed by atoms with Gasteiger partial charge in [0.2, 0.25) is 0 Å². The summed E-state index contributed by atoms with van der Waals surface area (Å²) in [6.07, 6.45) is 2.47. The maximum absolute atomic E-state index is 11.7. The molecule has 0 aromatic heterocycles. The number of esters is 1. The molecule has 0 spiro atoms. The molecule has 2 aromatic carbocycles. The Morgan fingerprint density at radius 3 is 2.03 bits per heavy atom. The van der Waals surface area contributed by atoms with Crippen LogP contribution < -0.4 is 4.74 Å². The van der Waals surface area contributed by atoms with Gasteiger partial charge in [-0.3, -0.25) is 9.59 Å². The maximum atomic E-state index is 11.7. The predicted octanol–water partition coefficient (Wildman–Crippen LogP) is 6.68. The first-order chi connectivity index (χ1) is 14.5. The first-order valence-electron chi connectivity index (χ1n) is 11.0. The molecule has 0 saturated heterocycles. The molecule has 1 aliphatic carbocycles. The quantitative estimate of drug-likeness (QED) is 0.524. The number of ether oxygens (including phenoxy) is 2. The van der Waals surface area contributed by atoms with Crippen LogP contribution in [-0.2, 0) is 22.4 Å². The van der Waals surface area contributed by atoms with Crippen molar-refractivity contribution in [2.45, 2.75) is 67.7 Å². The molecular formula is C26H38O4. The van der Waals surface area contributed by atoms with Gasteiger partial charge in [0.05, 0.1) is 13.7 Å². The molecule has 0 saturated carbocycles. The average molecular weight is 415 g/mol. The molecule has 0 unspecified atom stereocenters. The van der Waals surface area contributed by atoms with Crippen molar-refractivity contribution in [3.8, 4) is 16.9 Å². The SMILES string of the molecule is CC.CC.CCOC(C)=O.CCc1cc(-c2ccc3c(c2)CCC3=O)ccc1OC. The van der Waals surface area contributed by atoms with E-state index in [9.17, 15) is 9.59 Å². The Morgan fingerprint density at radius 1 is 0.933 bits per heavy atom. The van der Waals surface area contributed by atoms with Crippen LogP contribution in [0.15, 0.2) is 36.4 Å². The molecule has 4 heteroatoms. The van der Waals surface area contributed by atoms with Crippen molar-refractivity contribution in [2.75, 3.05) is 13.7 Å². The fourth-order valence-electron chi connectivity index (χ4n) is 3.07. The lowest BCUT2D eigenvalue weighted by molar-refractivity contribution is -0.140. The van der Waals surface area contributed by atoms with Gasteiger partial charge in [-0.2, -0.15) is 0 Å². The van der Waals surface area contributed by atoms with Crippen molar-refractivity contribution in [2.24, 2.45) is 0 Å². The van der Waals surface area contributed by atoms with Gasteiger partial charge in [-0.15, -0.1) is 0 Å². The Bertz CT molecular complexity index is 794. The van der Waals surface area contributed by atoms with E-state index in [0.29, 0.717) is 13.0 Å². The zero-order chi connectivity index (χ0) is 23.1. The summed E-state index contributed by atoms with van der Waals surface area (Å²) in [5, 5.41) is 0. The summed E-state index contributed by atoms with van der Waals surface area (Å²) < 4.78 is 9.77. The number of aryl methyl sites for hydroxylation is 2. The van der Waals surface area contributed by atoms with Crippen molar-refractivity contribution in [1.29, 1.82) is 0 Å². The van der Waals surface area contributed by atoms with E-state index >= 15 is 0 Å². The Labute approximate surface area is 182 Å². The molecule has 4 nitrogen and oxygen atoms in total. The minimum atomic E-state index is -0.211. The summed E-state index contributed by atoms with van der Waals surface area (Å²) >= 11 is 0. The summed E-state index contributed by atoms with van der Waals surface area (Å²) in [4.78, 5) is 21.5. The fraction of sp³-hybridized carbons (Fsp3) is 0.462. The van der Waals surface area contributed by atoms with Gasteiger partial charge in [0.15, 0.2) is 5.78 Å². The van der Waals surface area contributed by atoms with Crippen LogP contribution in [0.5, 0.6) is 5.75 Å². The number of carbonyl (C=O) groups is 2. The highest BCUT2D eigenvalue weighted by Crippen LogP contribution is 2.31. The third-order valence-electron chi connectivity index (χ3n) is 4.37. The Balaban J connectivity index is 0.000000719. The molecule has 0 bridgehead atoms. The van der Waals surface area contributed by atoms with Gasteiger partial charge in [0, 0.05) is 18.9 Å².